The van der Waals surface area contributed by atoms with E-state index in [1.807, 2.05) is 18.2 Å². The van der Waals surface area contributed by atoms with Crippen molar-refractivity contribution in [3.05, 3.63) is 59.2 Å². The molecule has 3 rings (SSSR count). The van der Waals surface area contributed by atoms with Crippen molar-refractivity contribution in [2.24, 2.45) is 0 Å². The fourth-order valence-corrected chi connectivity index (χ4v) is 3.54. The third-order valence-corrected chi connectivity index (χ3v) is 4.83. The van der Waals surface area contributed by atoms with Crippen LogP contribution in [0, 0.1) is 0 Å². The van der Waals surface area contributed by atoms with Gasteiger partial charge in [0, 0.05) is 11.6 Å². The SMILES string of the molecule is COc1ccc(/C=C/C(=O)N[C@H]2CCCc3ccccc32)c(OC)c1OC. The topological polar surface area (TPSA) is 56.8 Å². The summed E-state index contributed by atoms with van der Waals surface area (Å²) in [4.78, 5) is 12.5. The van der Waals surface area contributed by atoms with Crippen LogP contribution in [0.15, 0.2) is 42.5 Å². The van der Waals surface area contributed by atoms with Crippen LogP contribution in [0.4, 0.5) is 0 Å². The zero-order valence-electron chi connectivity index (χ0n) is 16.0. The molecule has 0 fully saturated rings. The first-order chi connectivity index (χ1) is 13.2. The minimum atomic E-state index is -0.131. The largest absolute Gasteiger partial charge is 0.493 e. The first-order valence-electron chi connectivity index (χ1n) is 9.03. The predicted octanol–water partition coefficient (Wildman–Crippen LogP) is 3.92. The first-order valence-corrected chi connectivity index (χ1v) is 9.03. The molecule has 5 heteroatoms. The molecular formula is C22H25NO4. The van der Waals surface area contributed by atoms with Crippen molar-refractivity contribution < 1.29 is 19.0 Å². The van der Waals surface area contributed by atoms with Crippen molar-refractivity contribution >= 4 is 12.0 Å². The number of amides is 1. The number of carbonyl (C=O) groups excluding carboxylic acids is 1. The molecule has 1 amide bonds. The lowest BCUT2D eigenvalue weighted by Crippen LogP contribution is -2.29. The van der Waals surface area contributed by atoms with Crippen molar-refractivity contribution in [2.45, 2.75) is 25.3 Å². The smallest absolute Gasteiger partial charge is 0.244 e. The van der Waals surface area contributed by atoms with Gasteiger partial charge in [-0.2, -0.15) is 0 Å². The van der Waals surface area contributed by atoms with E-state index in [0.29, 0.717) is 17.2 Å². The highest BCUT2D eigenvalue weighted by Gasteiger charge is 2.20. The van der Waals surface area contributed by atoms with Gasteiger partial charge in [0.1, 0.15) is 0 Å². The zero-order valence-corrected chi connectivity index (χ0v) is 16.0. The van der Waals surface area contributed by atoms with Gasteiger partial charge in [-0.3, -0.25) is 4.79 Å². The minimum Gasteiger partial charge on any atom is -0.493 e. The molecule has 0 aliphatic heterocycles. The van der Waals surface area contributed by atoms with Gasteiger partial charge in [-0.25, -0.2) is 0 Å². The van der Waals surface area contributed by atoms with E-state index in [0.717, 1.165) is 24.8 Å². The van der Waals surface area contributed by atoms with E-state index in [4.69, 9.17) is 14.2 Å². The summed E-state index contributed by atoms with van der Waals surface area (Å²) in [6.45, 7) is 0. The molecule has 0 saturated heterocycles. The van der Waals surface area contributed by atoms with E-state index in [2.05, 4.69) is 17.4 Å². The van der Waals surface area contributed by atoms with Crippen LogP contribution < -0.4 is 19.5 Å². The minimum absolute atomic E-state index is 0.0550. The molecule has 0 radical (unpaired) electrons. The van der Waals surface area contributed by atoms with Crippen molar-refractivity contribution in [1.29, 1.82) is 0 Å². The maximum atomic E-state index is 12.5. The highest BCUT2D eigenvalue weighted by Crippen LogP contribution is 2.40. The number of rotatable bonds is 6. The van der Waals surface area contributed by atoms with Gasteiger partial charge < -0.3 is 19.5 Å². The van der Waals surface area contributed by atoms with Gasteiger partial charge in [0.05, 0.1) is 27.4 Å². The number of benzene rings is 2. The highest BCUT2D eigenvalue weighted by atomic mass is 16.5. The summed E-state index contributed by atoms with van der Waals surface area (Å²) in [6, 6.07) is 12.0. The summed E-state index contributed by atoms with van der Waals surface area (Å²) in [6.07, 6.45) is 6.36. The molecule has 142 valence electrons. The van der Waals surface area contributed by atoms with Gasteiger partial charge in [0.2, 0.25) is 11.7 Å². The van der Waals surface area contributed by atoms with Gasteiger partial charge in [-0.15, -0.1) is 0 Å². The van der Waals surface area contributed by atoms with Crippen molar-refractivity contribution in [3.8, 4) is 17.2 Å². The molecule has 0 heterocycles. The molecule has 1 aliphatic rings. The molecule has 0 unspecified atom stereocenters. The number of carbonyl (C=O) groups is 1. The van der Waals surface area contributed by atoms with Crippen LogP contribution in [0.3, 0.4) is 0 Å². The fraction of sp³-hybridized carbons (Fsp3) is 0.318. The maximum absolute atomic E-state index is 12.5. The fourth-order valence-electron chi connectivity index (χ4n) is 3.54. The van der Waals surface area contributed by atoms with E-state index in [9.17, 15) is 4.79 Å². The van der Waals surface area contributed by atoms with Crippen LogP contribution in [-0.2, 0) is 11.2 Å². The van der Waals surface area contributed by atoms with E-state index >= 15 is 0 Å². The number of nitrogens with one attached hydrogen (secondary N) is 1. The number of hydrogen-bond acceptors (Lipinski definition) is 4. The summed E-state index contributed by atoms with van der Waals surface area (Å²) in [5.41, 5.74) is 3.28. The molecule has 0 spiro atoms. The molecule has 1 atom stereocenters. The van der Waals surface area contributed by atoms with Crippen LogP contribution in [0.1, 0.15) is 35.6 Å². The Hall–Kier alpha value is -2.95. The average Bonchev–Trinajstić information content (AvgIpc) is 2.71. The Morgan fingerprint density at radius 1 is 1.04 bits per heavy atom. The van der Waals surface area contributed by atoms with Crippen LogP contribution in [0.25, 0.3) is 6.08 Å². The Kier molecular flexibility index (Phi) is 6.01. The molecule has 2 aromatic rings. The van der Waals surface area contributed by atoms with E-state index < -0.39 is 0 Å². The van der Waals surface area contributed by atoms with E-state index in [-0.39, 0.29) is 11.9 Å². The summed E-state index contributed by atoms with van der Waals surface area (Å²) in [5, 5.41) is 3.11. The van der Waals surface area contributed by atoms with Crippen molar-refractivity contribution in [1.82, 2.24) is 5.32 Å². The number of fused-ring (bicyclic) bond motifs is 1. The Bertz CT molecular complexity index is 844. The summed E-state index contributed by atoms with van der Waals surface area (Å²) in [7, 11) is 4.69. The molecule has 1 aliphatic carbocycles. The number of methoxy groups -OCH3 is 3. The second-order valence-electron chi connectivity index (χ2n) is 6.41. The monoisotopic (exact) mass is 367 g/mol. The van der Waals surface area contributed by atoms with Crippen LogP contribution in [0.2, 0.25) is 0 Å². The summed E-state index contributed by atoms with van der Waals surface area (Å²) < 4.78 is 16.1. The average molecular weight is 367 g/mol. The van der Waals surface area contributed by atoms with Crippen molar-refractivity contribution in [2.75, 3.05) is 21.3 Å². The lowest BCUT2D eigenvalue weighted by molar-refractivity contribution is -0.117. The molecule has 0 bridgehead atoms. The Labute approximate surface area is 159 Å². The Morgan fingerprint density at radius 3 is 2.56 bits per heavy atom. The number of ether oxygens (including phenoxy) is 3. The van der Waals surface area contributed by atoms with Gasteiger partial charge in [0.25, 0.3) is 0 Å². The second-order valence-corrected chi connectivity index (χ2v) is 6.41. The molecular weight excluding hydrogens is 342 g/mol. The van der Waals surface area contributed by atoms with Crippen molar-refractivity contribution in [3.63, 3.8) is 0 Å². The Balaban J connectivity index is 1.76. The highest BCUT2D eigenvalue weighted by molar-refractivity contribution is 5.92. The predicted molar refractivity (Wildman–Crippen MR) is 105 cm³/mol. The second kappa shape index (κ2) is 8.62. The zero-order chi connectivity index (χ0) is 19.2. The third kappa shape index (κ3) is 4.08. The molecule has 27 heavy (non-hydrogen) atoms. The molecule has 0 saturated carbocycles. The lowest BCUT2D eigenvalue weighted by atomic mass is 9.88. The van der Waals surface area contributed by atoms with Crippen LogP contribution in [0.5, 0.6) is 17.2 Å². The first kappa shape index (κ1) is 18.8. The van der Waals surface area contributed by atoms with Crippen LogP contribution in [-0.4, -0.2) is 27.2 Å². The lowest BCUT2D eigenvalue weighted by Gasteiger charge is -2.25. The van der Waals surface area contributed by atoms with Crippen LogP contribution >= 0.6 is 0 Å². The summed E-state index contributed by atoms with van der Waals surface area (Å²) >= 11 is 0. The van der Waals surface area contributed by atoms with Gasteiger partial charge in [0.15, 0.2) is 11.5 Å². The van der Waals surface area contributed by atoms with E-state index in [1.54, 1.807) is 33.5 Å². The summed E-state index contributed by atoms with van der Waals surface area (Å²) in [5.74, 6) is 1.48. The standard InChI is InChI=1S/C22H25NO4/c1-25-19-13-11-16(21(26-2)22(19)27-3)12-14-20(24)23-18-10-6-8-15-7-4-5-9-17(15)18/h4-5,7,9,11-14,18H,6,8,10H2,1-3H3,(H,23,24)/b14-12+/t18-/m0/s1. The number of hydrogen-bond donors (Lipinski definition) is 1. The molecule has 0 aromatic heterocycles. The molecule has 2 aromatic carbocycles. The van der Waals surface area contributed by atoms with Gasteiger partial charge in [-0.1, -0.05) is 24.3 Å². The molecule has 1 N–H and O–H groups in total. The normalized spacial score (nSPS) is 15.9. The van der Waals surface area contributed by atoms with Gasteiger partial charge in [-0.05, 0) is 48.6 Å². The Morgan fingerprint density at radius 2 is 1.81 bits per heavy atom. The maximum Gasteiger partial charge on any atom is 0.244 e. The quantitative estimate of drug-likeness (QED) is 0.786. The van der Waals surface area contributed by atoms with Gasteiger partial charge >= 0.3 is 0 Å². The number of aryl methyl sites for hydroxylation is 1. The molecule has 5 nitrogen and oxygen atoms in total. The van der Waals surface area contributed by atoms with E-state index in [1.165, 1.54) is 17.2 Å². The third-order valence-electron chi connectivity index (χ3n) is 4.83.